The van der Waals surface area contributed by atoms with E-state index in [1.54, 1.807) is 23.7 Å². The number of carboxylic acids is 1. The first-order valence-electron chi connectivity index (χ1n) is 12.1. The topological polar surface area (TPSA) is 122 Å². The van der Waals surface area contributed by atoms with E-state index in [9.17, 15) is 14.7 Å². The van der Waals surface area contributed by atoms with Gasteiger partial charge in [0.2, 0.25) is 0 Å². The van der Waals surface area contributed by atoms with Crippen molar-refractivity contribution in [2.24, 2.45) is 13.0 Å². The number of nitrogens with one attached hydrogen (secondary N) is 1. The summed E-state index contributed by atoms with van der Waals surface area (Å²) < 4.78 is 7.84. The van der Waals surface area contributed by atoms with Gasteiger partial charge in [0.25, 0.3) is 0 Å². The highest BCUT2D eigenvalue weighted by atomic mass is 16.5. The van der Waals surface area contributed by atoms with Gasteiger partial charge in [-0.3, -0.25) is 4.79 Å². The minimum atomic E-state index is -0.753. The van der Waals surface area contributed by atoms with Crippen LogP contribution in [0.15, 0.2) is 12.1 Å². The van der Waals surface area contributed by atoms with E-state index >= 15 is 0 Å². The zero-order chi connectivity index (χ0) is 24.7. The summed E-state index contributed by atoms with van der Waals surface area (Å²) in [5.74, 6) is -0.427. The summed E-state index contributed by atoms with van der Waals surface area (Å²) in [6, 6.07) is 3.58. The predicted molar refractivity (Wildman–Crippen MR) is 127 cm³/mol. The number of nitrogens with zero attached hydrogens (tertiary/aromatic N) is 5. The maximum atomic E-state index is 12.4. The maximum Gasteiger partial charge on any atom is 0.317 e. The second-order valence-corrected chi connectivity index (χ2v) is 8.88. The first-order valence-corrected chi connectivity index (χ1v) is 12.1. The number of carboxylic acid groups (broad SMARTS) is 1. The Labute approximate surface area is 200 Å². The molecule has 0 bridgehead atoms. The molecule has 2 heterocycles. The van der Waals surface area contributed by atoms with Crippen LogP contribution in [0.2, 0.25) is 0 Å². The fraction of sp³-hybridized carbons (Fsp3) is 0.625. The maximum absolute atomic E-state index is 12.4. The highest BCUT2D eigenvalue weighted by Gasteiger charge is 2.29. The number of urea groups is 1. The van der Waals surface area contributed by atoms with E-state index in [-0.39, 0.29) is 24.6 Å². The van der Waals surface area contributed by atoms with Crippen molar-refractivity contribution in [3.8, 4) is 17.1 Å². The molecule has 10 nitrogen and oxygen atoms in total. The van der Waals surface area contributed by atoms with Gasteiger partial charge in [-0.05, 0) is 50.7 Å². The van der Waals surface area contributed by atoms with Crippen molar-refractivity contribution in [3.63, 3.8) is 0 Å². The zero-order valence-corrected chi connectivity index (χ0v) is 20.6. The number of aromatic nitrogens is 4. The van der Waals surface area contributed by atoms with Crippen LogP contribution in [0.3, 0.4) is 0 Å². The molecule has 3 rings (SSSR count). The number of unbranched alkanes of at least 4 members (excludes halogenated alkanes) is 1. The number of carbonyl (C=O) groups is 2. The van der Waals surface area contributed by atoms with Crippen molar-refractivity contribution >= 4 is 12.0 Å². The molecule has 0 radical (unpaired) electrons. The van der Waals surface area contributed by atoms with Crippen molar-refractivity contribution in [3.05, 3.63) is 23.5 Å². The third kappa shape index (κ3) is 6.24. The van der Waals surface area contributed by atoms with E-state index in [4.69, 9.17) is 9.72 Å². The fourth-order valence-corrected chi connectivity index (χ4v) is 4.20. The van der Waals surface area contributed by atoms with Crippen LogP contribution < -0.4 is 10.1 Å². The number of hydrogen-bond acceptors (Lipinski definition) is 6. The normalized spacial score (nSPS) is 17.9. The van der Waals surface area contributed by atoms with Crippen LogP contribution in [-0.2, 0) is 24.8 Å². The molecule has 2 N–H and O–H groups in total. The van der Waals surface area contributed by atoms with E-state index in [1.807, 2.05) is 19.1 Å². The van der Waals surface area contributed by atoms with Gasteiger partial charge in [0.15, 0.2) is 0 Å². The van der Waals surface area contributed by atoms with Gasteiger partial charge in [0.05, 0.1) is 35.6 Å². The first-order chi connectivity index (χ1) is 16.3. The Morgan fingerprint density at radius 3 is 2.79 bits per heavy atom. The van der Waals surface area contributed by atoms with Crippen molar-refractivity contribution in [1.82, 2.24) is 30.2 Å². The molecule has 2 atom stereocenters. The summed E-state index contributed by atoms with van der Waals surface area (Å²) in [6.07, 6.45) is 5.42. The number of amides is 2. The number of aryl methyl sites for hydroxylation is 2. The Balaban J connectivity index is 1.73. The molecular formula is C24H36N6O4. The third-order valence-electron chi connectivity index (χ3n) is 6.32. The molecule has 0 spiro atoms. The van der Waals surface area contributed by atoms with Crippen LogP contribution in [0, 0.1) is 5.92 Å². The van der Waals surface area contributed by atoms with Crippen LogP contribution in [0.4, 0.5) is 4.79 Å². The molecule has 1 aliphatic carbocycles. The monoisotopic (exact) mass is 472 g/mol. The van der Waals surface area contributed by atoms with Crippen LogP contribution in [0.25, 0.3) is 11.4 Å². The third-order valence-corrected chi connectivity index (χ3v) is 6.32. The Morgan fingerprint density at radius 2 is 2.09 bits per heavy atom. The SMILES string of the molecule is CCCCN(C)C(=O)NCc1c(-c2ccc(O[C@H]3CCC[C@H](C(=O)O)C3)c(CC)n2)nnn1C. The smallest absolute Gasteiger partial charge is 0.317 e. The van der Waals surface area contributed by atoms with Gasteiger partial charge < -0.3 is 20.1 Å². The van der Waals surface area contributed by atoms with Gasteiger partial charge in [0, 0.05) is 20.6 Å². The molecule has 1 fully saturated rings. The van der Waals surface area contributed by atoms with Crippen LogP contribution >= 0.6 is 0 Å². The zero-order valence-electron chi connectivity index (χ0n) is 20.6. The first kappa shape index (κ1) is 25.5. The average Bonchev–Trinajstić information content (AvgIpc) is 3.21. The molecule has 1 saturated carbocycles. The highest BCUT2D eigenvalue weighted by Crippen LogP contribution is 2.31. The van der Waals surface area contributed by atoms with Gasteiger partial charge in [-0.25, -0.2) is 14.5 Å². The molecule has 2 aromatic rings. The molecule has 0 aliphatic heterocycles. The van der Waals surface area contributed by atoms with Crippen LogP contribution in [0.1, 0.15) is 63.8 Å². The second-order valence-electron chi connectivity index (χ2n) is 8.88. The van der Waals surface area contributed by atoms with E-state index in [1.165, 1.54) is 0 Å². The average molecular weight is 473 g/mol. The number of ether oxygens (including phenoxy) is 1. The van der Waals surface area contributed by atoms with E-state index in [0.717, 1.165) is 37.1 Å². The Morgan fingerprint density at radius 1 is 1.29 bits per heavy atom. The van der Waals surface area contributed by atoms with Crippen LogP contribution in [-0.4, -0.2) is 61.7 Å². The lowest BCUT2D eigenvalue weighted by Gasteiger charge is -2.28. The van der Waals surface area contributed by atoms with Gasteiger partial charge in [-0.15, -0.1) is 5.10 Å². The summed E-state index contributed by atoms with van der Waals surface area (Å²) in [7, 11) is 3.57. The largest absolute Gasteiger partial charge is 0.488 e. The van der Waals surface area contributed by atoms with Gasteiger partial charge in [0.1, 0.15) is 11.4 Å². The molecular weight excluding hydrogens is 436 g/mol. The van der Waals surface area contributed by atoms with E-state index < -0.39 is 5.97 Å². The lowest BCUT2D eigenvalue weighted by molar-refractivity contribution is -0.143. The number of rotatable bonds is 10. The summed E-state index contributed by atoms with van der Waals surface area (Å²) in [4.78, 5) is 30.2. The van der Waals surface area contributed by atoms with Crippen molar-refractivity contribution in [2.45, 2.75) is 71.4 Å². The van der Waals surface area contributed by atoms with Gasteiger partial charge >= 0.3 is 12.0 Å². The number of aliphatic carboxylic acids is 1. The van der Waals surface area contributed by atoms with E-state index in [0.29, 0.717) is 42.9 Å². The van der Waals surface area contributed by atoms with Crippen molar-refractivity contribution in [1.29, 1.82) is 0 Å². The highest BCUT2D eigenvalue weighted by molar-refractivity contribution is 5.74. The molecule has 10 heteroatoms. The standard InChI is InChI=1S/C24H36N6O4/c1-5-7-13-29(3)24(33)25-15-20-22(27-28-30(20)4)19-11-12-21(18(6-2)26-19)34-17-10-8-9-16(14-17)23(31)32/h11-12,16-17H,5-10,13-15H2,1-4H3,(H,25,33)(H,31,32)/t16-,17-/m0/s1. The summed E-state index contributed by atoms with van der Waals surface area (Å²) in [5.41, 5.74) is 2.82. The number of hydrogen-bond donors (Lipinski definition) is 2. The molecule has 186 valence electrons. The Bertz CT molecular complexity index is 992. The number of carbonyl (C=O) groups excluding carboxylic acids is 1. The lowest BCUT2D eigenvalue weighted by Crippen LogP contribution is -2.37. The van der Waals surface area contributed by atoms with Crippen molar-refractivity contribution < 1.29 is 19.4 Å². The minimum absolute atomic E-state index is 0.125. The number of pyridine rings is 1. The quantitative estimate of drug-likeness (QED) is 0.543. The summed E-state index contributed by atoms with van der Waals surface area (Å²) >= 11 is 0. The predicted octanol–water partition coefficient (Wildman–Crippen LogP) is 3.40. The second kappa shape index (κ2) is 11.8. The van der Waals surface area contributed by atoms with Gasteiger partial charge in [-0.2, -0.15) is 0 Å². The lowest BCUT2D eigenvalue weighted by atomic mass is 9.87. The molecule has 0 unspecified atom stereocenters. The van der Waals surface area contributed by atoms with Crippen molar-refractivity contribution in [2.75, 3.05) is 13.6 Å². The Kier molecular flexibility index (Phi) is 8.84. The molecule has 0 saturated heterocycles. The molecule has 1 aliphatic rings. The summed E-state index contributed by atoms with van der Waals surface area (Å²) in [6.45, 7) is 5.09. The molecule has 34 heavy (non-hydrogen) atoms. The van der Waals surface area contributed by atoms with E-state index in [2.05, 4.69) is 22.6 Å². The molecule has 2 amide bonds. The summed E-state index contributed by atoms with van der Waals surface area (Å²) in [5, 5.41) is 20.7. The Hall–Kier alpha value is -3.17. The van der Waals surface area contributed by atoms with Crippen LogP contribution in [0.5, 0.6) is 5.75 Å². The fourth-order valence-electron chi connectivity index (χ4n) is 4.20. The molecule has 2 aromatic heterocycles. The van der Waals surface area contributed by atoms with Gasteiger partial charge in [-0.1, -0.05) is 25.5 Å². The molecule has 0 aromatic carbocycles. The minimum Gasteiger partial charge on any atom is -0.488 e.